The van der Waals surface area contributed by atoms with Gasteiger partial charge in [0.1, 0.15) is 0 Å². The Morgan fingerprint density at radius 2 is 2.14 bits per heavy atom. The van der Waals surface area contributed by atoms with E-state index in [4.69, 9.17) is 4.52 Å². The van der Waals surface area contributed by atoms with E-state index in [9.17, 15) is 4.79 Å². The minimum Gasteiger partial charge on any atom is -0.353 e. The highest BCUT2D eigenvalue weighted by Gasteiger charge is 2.28. The quantitative estimate of drug-likeness (QED) is 0.906. The van der Waals surface area contributed by atoms with Crippen LogP contribution in [0.15, 0.2) is 4.52 Å². The van der Waals surface area contributed by atoms with Crippen LogP contribution < -0.4 is 5.32 Å². The number of nitrogens with zero attached hydrogens (tertiary/aromatic N) is 2. The van der Waals surface area contributed by atoms with Gasteiger partial charge in [-0.2, -0.15) is 4.98 Å². The third kappa shape index (κ3) is 4.29. The van der Waals surface area contributed by atoms with Crippen molar-refractivity contribution in [1.29, 1.82) is 0 Å². The number of aromatic nitrogens is 2. The molecule has 118 valence electrons. The first-order chi connectivity index (χ1) is 9.97. The predicted molar refractivity (Wildman–Crippen MR) is 80.8 cm³/mol. The van der Waals surface area contributed by atoms with Crippen LogP contribution >= 0.6 is 0 Å². The molecule has 21 heavy (non-hydrogen) atoms. The van der Waals surface area contributed by atoms with Crippen molar-refractivity contribution in [3.8, 4) is 0 Å². The van der Waals surface area contributed by atoms with Crippen molar-refractivity contribution in [2.75, 3.05) is 0 Å². The van der Waals surface area contributed by atoms with Gasteiger partial charge in [0, 0.05) is 24.8 Å². The van der Waals surface area contributed by atoms with Gasteiger partial charge in [-0.15, -0.1) is 0 Å². The van der Waals surface area contributed by atoms with E-state index >= 15 is 0 Å². The third-order valence-corrected chi connectivity index (χ3v) is 4.62. The molecule has 3 atom stereocenters. The molecule has 5 heteroatoms. The molecule has 0 unspecified atom stereocenters. The molecular formula is C16H27N3O2. The fourth-order valence-corrected chi connectivity index (χ4v) is 2.89. The Balaban J connectivity index is 1.79. The second-order valence-corrected chi connectivity index (χ2v) is 6.64. The van der Waals surface area contributed by atoms with Gasteiger partial charge in [0.2, 0.25) is 11.8 Å². The van der Waals surface area contributed by atoms with Crippen LogP contribution in [0.1, 0.15) is 71.0 Å². The first kappa shape index (κ1) is 16.0. The number of hydrogen-bond donors (Lipinski definition) is 1. The summed E-state index contributed by atoms with van der Waals surface area (Å²) < 4.78 is 5.16. The highest BCUT2D eigenvalue weighted by atomic mass is 16.5. The highest BCUT2D eigenvalue weighted by Crippen LogP contribution is 2.29. The molecule has 2 rings (SSSR count). The van der Waals surface area contributed by atoms with Crippen LogP contribution in [0.25, 0.3) is 0 Å². The monoisotopic (exact) mass is 293 g/mol. The maximum atomic E-state index is 12.1. The van der Waals surface area contributed by atoms with Gasteiger partial charge < -0.3 is 9.84 Å². The molecule has 1 aromatic heterocycles. The first-order valence-corrected chi connectivity index (χ1v) is 8.09. The van der Waals surface area contributed by atoms with Gasteiger partial charge in [-0.05, 0) is 18.3 Å². The predicted octanol–water partition coefficient (Wildman–Crippen LogP) is 3.07. The zero-order chi connectivity index (χ0) is 15.4. The minimum atomic E-state index is 0.0882. The van der Waals surface area contributed by atoms with Crippen LogP contribution in [-0.2, 0) is 11.2 Å². The van der Waals surface area contributed by atoms with Crippen molar-refractivity contribution < 1.29 is 9.32 Å². The molecule has 1 fully saturated rings. The fraction of sp³-hybridized carbons (Fsp3) is 0.812. The summed E-state index contributed by atoms with van der Waals surface area (Å²) in [7, 11) is 0. The van der Waals surface area contributed by atoms with E-state index in [2.05, 4.69) is 29.3 Å². The van der Waals surface area contributed by atoms with E-state index in [0.29, 0.717) is 42.4 Å². The van der Waals surface area contributed by atoms with E-state index in [1.165, 1.54) is 12.8 Å². The topological polar surface area (TPSA) is 68.0 Å². The number of amides is 1. The largest absolute Gasteiger partial charge is 0.353 e. The van der Waals surface area contributed by atoms with Crippen molar-refractivity contribution in [2.24, 2.45) is 11.8 Å². The SMILES string of the molecule is CC(C)c1noc(CCC(=O)N[C@@H]2CCC[C@@H](C)[C@H]2C)n1. The normalized spacial score (nSPS) is 26.0. The number of nitrogens with one attached hydrogen (secondary N) is 1. The lowest BCUT2D eigenvalue weighted by molar-refractivity contribution is -0.122. The third-order valence-electron chi connectivity index (χ3n) is 4.62. The standard InChI is InChI=1S/C16H27N3O2/c1-10(2)16-18-15(21-19-16)9-8-14(20)17-13-7-5-6-11(3)12(13)4/h10-13H,5-9H2,1-4H3,(H,17,20)/t11-,12-,13-/m1/s1. The summed E-state index contributed by atoms with van der Waals surface area (Å²) in [6.07, 6.45) is 4.50. The zero-order valence-corrected chi connectivity index (χ0v) is 13.6. The number of carbonyl (C=O) groups excluding carboxylic acids is 1. The molecule has 1 amide bonds. The van der Waals surface area contributed by atoms with Gasteiger partial charge in [-0.25, -0.2) is 0 Å². The summed E-state index contributed by atoms with van der Waals surface area (Å²) >= 11 is 0. The molecule has 5 nitrogen and oxygen atoms in total. The van der Waals surface area contributed by atoms with Gasteiger partial charge in [0.05, 0.1) is 0 Å². The molecule has 0 bridgehead atoms. The van der Waals surface area contributed by atoms with E-state index in [-0.39, 0.29) is 11.8 Å². The molecule has 0 spiro atoms. The summed E-state index contributed by atoms with van der Waals surface area (Å²) in [4.78, 5) is 16.4. The second-order valence-electron chi connectivity index (χ2n) is 6.64. The van der Waals surface area contributed by atoms with Crippen molar-refractivity contribution in [3.05, 3.63) is 11.7 Å². The lowest BCUT2D eigenvalue weighted by Gasteiger charge is -2.34. The van der Waals surface area contributed by atoms with Crippen LogP contribution in [0.5, 0.6) is 0 Å². The summed E-state index contributed by atoms with van der Waals surface area (Å²) in [6, 6.07) is 0.315. The Morgan fingerprint density at radius 1 is 1.38 bits per heavy atom. The van der Waals surface area contributed by atoms with Crippen LogP contribution in [0.2, 0.25) is 0 Å². The Hall–Kier alpha value is -1.39. The molecular weight excluding hydrogens is 266 g/mol. The molecule has 1 aromatic rings. The highest BCUT2D eigenvalue weighted by molar-refractivity contribution is 5.76. The lowest BCUT2D eigenvalue weighted by atomic mass is 9.78. The molecule has 1 heterocycles. The maximum absolute atomic E-state index is 12.1. The number of aryl methyl sites for hydroxylation is 1. The van der Waals surface area contributed by atoms with E-state index in [1.54, 1.807) is 0 Å². The van der Waals surface area contributed by atoms with Gasteiger partial charge >= 0.3 is 0 Å². The van der Waals surface area contributed by atoms with E-state index in [0.717, 1.165) is 6.42 Å². The second kappa shape index (κ2) is 7.05. The molecule has 1 aliphatic rings. The van der Waals surface area contributed by atoms with Gasteiger partial charge in [-0.1, -0.05) is 45.7 Å². The van der Waals surface area contributed by atoms with Crippen molar-refractivity contribution in [2.45, 2.75) is 71.8 Å². The molecule has 1 N–H and O–H groups in total. The summed E-state index contributed by atoms with van der Waals surface area (Å²) in [6.45, 7) is 8.55. The number of carbonyl (C=O) groups is 1. The molecule has 1 aliphatic carbocycles. The fourth-order valence-electron chi connectivity index (χ4n) is 2.89. The van der Waals surface area contributed by atoms with E-state index in [1.807, 2.05) is 13.8 Å². The molecule has 0 saturated heterocycles. The lowest BCUT2D eigenvalue weighted by Crippen LogP contribution is -2.43. The van der Waals surface area contributed by atoms with Gasteiger partial charge in [0.25, 0.3) is 0 Å². The van der Waals surface area contributed by atoms with Crippen LogP contribution in [0.4, 0.5) is 0 Å². The average Bonchev–Trinajstić information content (AvgIpc) is 2.91. The molecule has 0 radical (unpaired) electrons. The summed E-state index contributed by atoms with van der Waals surface area (Å²) in [5.74, 6) is 2.84. The Labute approximate surface area is 126 Å². The minimum absolute atomic E-state index is 0.0882. The molecule has 0 aliphatic heterocycles. The molecule has 0 aromatic carbocycles. The van der Waals surface area contributed by atoms with E-state index < -0.39 is 0 Å². The smallest absolute Gasteiger partial charge is 0.227 e. The Bertz CT molecular complexity index is 470. The van der Waals surface area contributed by atoms with Gasteiger partial charge in [0.15, 0.2) is 5.82 Å². The first-order valence-electron chi connectivity index (χ1n) is 8.09. The Kier molecular flexibility index (Phi) is 5.37. The van der Waals surface area contributed by atoms with Crippen LogP contribution in [0, 0.1) is 11.8 Å². The van der Waals surface area contributed by atoms with Crippen molar-refractivity contribution in [1.82, 2.24) is 15.5 Å². The number of hydrogen-bond acceptors (Lipinski definition) is 4. The summed E-state index contributed by atoms with van der Waals surface area (Å²) in [5, 5.41) is 7.08. The van der Waals surface area contributed by atoms with Crippen LogP contribution in [0.3, 0.4) is 0 Å². The zero-order valence-electron chi connectivity index (χ0n) is 13.6. The van der Waals surface area contributed by atoms with Crippen LogP contribution in [-0.4, -0.2) is 22.1 Å². The Morgan fingerprint density at radius 3 is 2.81 bits per heavy atom. The summed E-state index contributed by atoms with van der Waals surface area (Å²) in [5.41, 5.74) is 0. The van der Waals surface area contributed by atoms with Crippen molar-refractivity contribution >= 4 is 5.91 Å². The van der Waals surface area contributed by atoms with Gasteiger partial charge in [-0.3, -0.25) is 4.79 Å². The van der Waals surface area contributed by atoms with Crippen molar-refractivity contribution in [3.63, 3.8) is 0 Å². The average molecular weight is 293 g/mol. The molecule has 1 saturated carbocycles. The number of rotatable bonds is 5. The maximum Gasteiger partial charge on any atom is 0.227 e.